The topological polar surface area (TPSA) is 26.0 Å². The lowest BCUT2D eigenvalue weighted by Gasteiger charge is -2.09. The molecule has 0 radical (unpaired) electrons. The SMILES string of the molecule is CC(N)C(C)CCl. The quantitative estimate of drug-likeness (QED) is 0.546. The molecule has 0 aromatic carbocycles. The van der Waals surface area contributed by atoms with Crippen molar-refractivity contribution in [1.29, 1.82) is 0 Å². The number of hydrogen-bond acceptors (Lipinski definition) is 1. The Bertz CT molecular complexity index is 45.3. The molecule has 0 fully saturated rings. The molecular weight excluding hydrogens is 110 g/mol. The van der Waals surface area contributed by atoms with E-state index in [0.717, 1.165) is 0 Å². The van der Waals surface area contributed by atoms with Crippen LogP contribution in [0.2, 0.25) is 0 Å². The molecule has 2 N–H and O–H groups in total. The molecule has 7 heavy (non-hydrogen) atoms. The maximum absolute atomic E-state index is 5.47. The van der Waals surface area contributed by atoms with E-state index in [2.05, 4.69) is 0 Å². The van der Waals surface area contributed by atoms with Gasteiger partial charge in [0.05, 0.1) is 0 Å². The zero-order valence-electron chi connectivity index (χ0n) is 4.82. The van der Waals surface area contributed by atoms with Crippen LogP contribution in [0.1, 0.15) is 13.8 Å². The van der Waals surface area contributed by atoms with Crippen LogP contribution in [0.25, 0.3) is 0 Å². The number of nitrogens with two attached hydrogens (primary N) is 1. The molecule has 1 nitrogen and oxygen atoms in total. The van der Waals surface area contributed by atoms with Gasteiger partial charge in [-0.05, 0) is 12.8 Å². The lowest BCUT2D eigenvalue weighted by Crippen LogP contribution is -2.24. The van der Waals surface area contributed by atoms with Crippen molar-refractivity contribution in [3.8, 4) is 0 Å². The summed E-state index contributed by atoms with van der Waals surface area (Å²) >= 11 is 5.47. The Morgan fingerprint density at radius 1 is 1.57 bits per heavy atom. The van der Waals surface area contributed by atoms with E-state index in [0.29, 0.717) is 11.8 Å². The fourth-order valence-corrected chi connectivity index (χ4v) is 0.422. The normalized spacial score (nSPS) is 18.9. The summed E-state index contributed by atoms with van der Waals surface area (Å²) in [6.07, 6.45) is 0. The highest BCUT2D eigenvalue weighted by Crippen LogP contribution is 2.00. The number of alkyl halides is 1. The third-order valence-electron chi connectivity index (χ3n) is 1.14. The van der Waals surface area contributed by atoms with Gasteiger partial charge in [-0.1, -0.05) is 6.92 Å². The highest BCUT2D eigenvalue weighted by atomic mass is 35.5. The molecule has 0 aliphatic rings. The van der Waals surface area contributed by atoms with Crippen molar-refractivity contribution in [2.24, 2.45) is 11.7 Å². The highest BCUT2D eigenvalue weighted by Gasteiger charge is 2.02. The van der Waals surface area contributed by atoms with Crippen LogP contribution in [0.5, 0.6) is 0 Å². The number of hydrogen-bond donors (Lipinski definition) is 1. The Balaban J connectivity index is 3.14. The summed E-state index contributed by atoms with van der Waals surface area (Å²) in [5.74, 6) is 1.11. The zero-order valence-corrected chi connectivity index (χ0v) is 5.57. The van der Waals surface area contributed by atoms with E-state index in [9.17, 15) is 0 Å². The van der Waals surface area contributed by atoms with Crippen molar-refractivity contribution in [1.82, 2.24) is 0 Å². The fourth-order valence-electron chi connectivity index (χ4n) is 0.141. The molecule has 2 unspecified atom stereocenters. The molecule has 2 heteroatoms. The van der Waals surface area contributed by atoms with Crippen LogP contribution in [-0.4, -0.2) is 11.9 Å². The van der Waals surface area contributed by atoms with Gasteiger partial charge in [-0.15, -0.1) is 11.6 Å². The van der Waals surface area contributed by atoms with Gasteiger partial charge in [-0.25, -0.2) is 0 Å². The first-order valence-electron chi connectivity index (χ1n) is 2.50. The Morgan fingerprint density at radius 3 is 2.00 bits per heavy atom. The van der Waals surface area contributed by atoms with Crippen LogP contribution in [-0.2, 0) is 0 Å². The van der Waals surface area contributed by atoms with Gasteiger partial charge in [-0.2, -0.15) is 0 Å². The van der Waals surface area contributed by atoms with Gasteiger partial charge >= 0.3 is 0 Å². The number of halogens is 1. The lowest BCUT2D eigenvalue weighted by molar-refractivity contribution is 0.534. The minimum atomic E-state index is 0.234. The van der Waals surface area contributed by atoms with Crippen LogP contribution in [0, 0.1) is 5.92 Å². The summed E-state index contributed by atoms with van der Waals surface area (Å²) in [6, 6.07) is 0.234. The van der Waals surface area contributed by atoms with Gasteiger partial charge in [0.15, 0.2) is 0 Å². The predicted molar refractivity (Wildman–Crippen MR) is 33.5 cm³/mol. The average molecular weight is 122 g/mol. The first-order chi connectivity index (χ1) is 3.18. The van der Waals surface area contributed by atoms with E-state index < -0.39 is 0 Å². The monoisotopic (exact) mass is 121 g/mol. The molecule has 0 rings (SSSR count). The summed E-state index contributed by atoms with van der Waals surface area (Å²) in [7, 11) is 0. The second-order valence-electron chi connectivity index (χ2n) is 1.99. The van der Waals surface area contributed by atoms with Gasteiger partial charge in [-0.3, -0.25) is 0 Å². The third kappa shape index (κ3) is 2.89. The van der Waals surface area contributed by atoms with Crippen molar-refractivity contribution in [2.75, 3.05) is 5.88 Å². The Kier molecular flexibility index (Phi) is 3.39. The molecule has 0 saturated carbocycles. The molecule has 0 aliphatic carbocycles. The molecule has 0 amide bonds. The second-order valence-corrected chi connectivity index (χ2v) is 2.30. The Morgan fingerprint density at radius 2 is 2.00 bits per heavy atom. The summed E-state index contributed by atoms with van der Waals surface area (Å²) < 4.78 is 0. The standard InChI is InChI=1S/C5H12ClN/c1-4(3-6)5(2)7/h4-5H,3,7H2,1-2H3. The van der Waals surface area contributed by atoms with E-state index >= 15 is 0 Å². The smallest absolute Gasteiger partial charge is 0.0263 e. The van der Waals surface area contributed by atoms with E-state index in [4.69, 9.17) is 17.3 Å². The van der Waals surface area contributed by atoms with Crippen LogP contribution in [0.4, 0.5) is 0 Å². The molecule has 0 bridgehead atoms. The van der Waals surface area contributed by atoms with Crippen molar-refractivity contribution in [2.45, 2.75) is 19.9 Å². The first kappa shape index (κ1) is 7.25. The highest BCUT2D eigenvalue weighted by molar-refractivity contribution is 6.18. The van der Waals surface area contributed by atoms with Crippen molar-refractivity contribution in [3.05, 3.63) is 0 Å². The molecular formula is C5H12ClN. The van der Waals surface area contributed by atoms with Gasteiger partial charge in [0.25, 0.3) is 0 Å². The first-order valence-corrected chi connectivity index (χ1v) is 3.03. The minimum absolute atomic E-state index is 0.234. The Hall–Kier alpha value is 0.250. The summed E-state index contributed by atoms with van der Waals surface area (Å²) in [5, 5.41) is 0. The minimum Gasteiger partial charge on any atom is -0.328 e. The molecule has 0 aliphatic heterocycles. The van der Waals surface area contributed by atoms with Gasteiger partial charge in [0.1, 0.15) is 0 Å². The molecule has 0 aromatic rings. The maximum Gasteiger partial charge on any atom is 0.0263 e. The van der Waals surface area contributed by atoms with Gasteiger partial charge in [0, 0.05) is 11.9 Å². The molecule has 2 atom stereocenters. The van der Waals surface area contributed by atoms with E-state index in [1.807, 2.05) is 13.8 Å². The van der Waals surface area contributed by atoms with Crippen LogP contribution < -0.4 is 5.73 Å². The molecule has 0 heterocycles. The van der Waals surface area contributed by atoms with Crippen LogP contribution in [0.15, 0.2) is 0 Å². The predicted octanol–water partition coefficient (Wildman–Crippen LogP) is 1.21. The number of rotatable bonds is 2. The van der Waals surface area contributed by atoms with Crippen molar-refractivity contribution >= 4 is 11.6 Å². The van der Waals surface area contributed by atoms with Gasteiger partial charge < -0.3 is 5.73 Å². The van der Waals surface area contributed by atoms with Crippen LogP contribution in [0.3, 0.4) is 0 Å². The summed E-state index contributed by atoms with van der Waals surface area (Å²) in [4.78, 5) is 0. The molecule has 0 spiro atoms. The Labute approximate surface area is 49.8 Å². The van der Waals surface area contributed by atoms with Crippen molar-refractivity contribution < 1.29 is 0 Å². The van der Waals surface area contributed by atoms with Crippen LogP contribution >= 0.6 is 11.6 Å². The largest absolute Gasteiger partial charge is 0.328 e. The van der Waals surface area contributed by atoms with E-state index in [1.165, 1.54) is 0 Å². The van der Waals surface area contributed by atoms with E-state index in [1.54, 1.807) is 0 Å². The molecule has 0 aromatic heterocycles. The third-order valence-corrected chi connectivity index (χ3v) is 1.63. The summed E-state index contributed by atoms with van der Waals surface area (Å²) in [6.45, 7) is 4.00. The molecule has 0 saturated heterocycles. The lowest BCUT2D eigenvalue weighted by atomic mass is 10.1. The van der Waals surface area contributed by atoms with Gasteiger partial charge in [0.2, 0.25) is 0 Å². The zero-order chi connectivity index (χ0) is 5.86. The average Bonchev–Trinajstić information content (AvgIpc) is 1.65. The molecule has 44 valence electrons. The van der Waals surface area contributed by atoms with Crippen molar-refractivity contribution in [3.63, 3.8) is 0 Å². The summed E-state index contributed by atoms with van der Waals surface area (Å²) in [5.41, 5.74) is 5.46. The van der Waals surface area contributed by atoms with E-state index in [-0.39, 0.29) is 6.04 Å². The maximum atomic E-state index is 5.47. The fraction of sp³-hybridized carbons (Fsp3) is 1.00. The second kappa shape index (κ2) is 3.28.